The Morgan fingerprint density at radius 2 is 1.20 bits per heavy atom. The van der Waals surface area contributed by atoms with Crippen molar-refractivity contribution in [2.45, 2.75) is 53.4 Å². The number of aromatic nitrogens is 1. The van der Waals surface area contributed by atoms with Crippen molar-refractivity contribution in [2.75, 3.05) is 0 Å². The van der Waals surface area contributed by atoms with Crippen molar-refractivity contribution >= 4 is 0 Å². The molecular formula is C18H24FN. The van der Waals surface area contributed by atoms with E-state index in [1.54, 1.807) is 12.1 Å². The van der Waals surface area contributed by atoms with Crippen molar-refractivity contribution in [1.29, 1.82) is 0 Å². The van der Waals surface area contributed by atoms with Gasteiger partial charge in [0.25, 0.3) is 0 Å². The molecular weight excluding hydrogens is 249 g/mol. The van der Waals surface area contributed by atoms with Gasteiger partial charge in [0.05, 0.1) is 0 Å². The molecule has 0 aliphatic heterocycles. The van der Waals surface area contributed by atoms with Gasteiger partial charge in [0, 0.05) is 17.1 Å². The van der Waals surface area contributed by atoms with E-state index in [2.05, 4.69) is 32.3 Å². The molecule has 108 valence electrons. The van der Waals surface area contributed by atoms with Crippen molar-refractivity contribution in [3.8, 4) is 5.69 Å². The van der Waals surface area contributed by atoms with E-state index in [4.69, 9.17) is 0 Å². The number of benzene rings is 1. The summed E-state index contributed by atoms with van der Waals surface area (Å²) in [4.78, 5) is 0. The van der Waals surface area contributed by atoms with Gasteiger partial charge in [-0.15, -0.1) is 0 Å². The molecule has 0 bridgehead atoms. The van der Waals surface area contributed by atoms with Gasteiger partial charge < -0.3 is 4.57 Å². The van der Waals surface area contributed by atoms with Crippen LogP contribution in [0.25, 0.3) is 5.69 Å². The first-order chi connectivity index (χ1) is 9.67. The van der Waals surface area contributed by atoms with E-state index in [1.807, 2.05) is 12.1 Å². The maximum absolute atomic E-state index is 13.2. The van der Waals surface area contributed by atoms with E-state index in [0.717, 1.165) is 31.4 Å². The summed E-state index contributed by atoms with van der Waals surface area (Å²) in [7, 11) is 0. The lowest BCUT2D eigenvalue weighted by Gasteiger charge is -2.13. The van der Waals surface area contributed by atoms with Crippen molar-refractivity contribution in [2.24, 2.45) is 0 Å². The predicted molar refractivity (Wildman–Crippen MR) is 83.2 cm³/mol. The monoisotopic (exact) mass is 273 g/mol. The van der Waals surface area contributed by atoms with Crippen LogP contribution in [-0.4, -0.2) is 4.57 Å². The highest BCUT2D eigenvalue weighted by Crippen LogP contribution is 2.29. The van der Waals surface area contributed by atoms with E-state index in [0.29, 0.717) is 0 Å². The Morgan fingerprint density at radius 1 is 0.750 bits per heavy atom. The van der Waals surface area contributed by atoms with Gasteiger partial charge in [0.1, 0.15) is 5.82 Å². The second-order valence-corrected chi connectivity index (χ2v) is 5.08. The number of hydrogen-bond donors (Lipinski definition) is 0. The molecule has 0 atom stereocenters. The topological polar surface area (TPSA) is 4.93 Å². The Kier molecular flexibility index (Phi) is 4.64. The largest absolute Gasteiger partial charge is 0.317 e. The maximum Gasteiger partial charge on any atom is 0.123 e. The lowest BCUT2D eigenvalue weighted by Crippen LogP contribution is -2.04. The van der Waals surface area contributed by atoms with Crippen LogP contribution < -0.4 is 0 Å². The summed E-state index contributed by atoms with van der Waals surface area (Å²) in [6, 6.07) is 6.86. The Hall–Kier alpha value is -1.57. The second kappa shape index (κ2) is 6.25. The molecule has 2 aromatic rings. The molecule has 1 aromatic heterocycles. The molecule has 2 heteroatoms. The number of hydrogen-bond acceptors (Lipinski definition) is 0. The molecule has 1 aromatic carbocycles. The fraction of sp³-hybridized carbons (Fsp3) is 0.444. The third-order valence-corrected chi connectivity index (χ3v) is 4.06. The molecule has 0 aliphatic carbocycles. The minimum absolute atomic E-state index is 0.177. The van der Waals surface area contributed by atoms with Gasteiger partial charge >= 0.3 is 0 Å². The Balaban J connectivity index is 2.72. The van der Waals surface area contributed by atoms with E-state index in [-0.39, 0.29) is 5.82 Å². The minimum atomic E-state index is -0.177. The molecule has 0 fully saturated rings. The first-order valence-electron chi connectivity index (χ1n) is 7.67. The first kappa shape index (κ1) is 14.8. The molecule has 0 unspecified atom stereocenters. The zero-order chi connectivity index (χ0) is 14.7. The van der Waals surface area contributed by atoms with Gasteiger partial charge in [-0.05, 0) is 61.1 Å². The van der Waals surface area contributed by atoms with E-state index in [1.165, 1.54) is 22.5 Å². The fourth-order valence-electron chi connectivity index (χ4n) is 3.26. The van der Waals surface area contributed by atoms with Crippen LogP contribution in [0.1, 0.15) is 50.2 Å². The van der Waals surface area contributed by atoms with Crippen LogP contribution in [0.4, 0.5) is 4.39 Å². The van der Waals surface area contributed by atoms with Crippen LogP contribution in [0.5, 0.6) is 0 Å². The third kappa shape index (κ3) is 2.39. The molecule has 1 heterocycles. The minimum Gasteiger partial charge on any atom is -0.317 e. The zero-order valence-electron chi connectivity index (χ0n) is 13.0. The summed E-state index contributed by atoms with van der Waals surface area (Å²) in [5.41, 5.74) is 6.81. The van der Waals surface area contributed by atoms with E-state index < -0.39 is 0 Å². The van der Waals surface area contributed by atoms with E-state index >= 15 is 0 Å². The summed E-state index contributed by atoms with van der Waals surface area (Å²) in [5.74, 6) is -0.177. The zero-order valence-corrected chi connectivity index (χ0v) is 13.0. The SMILES string of the molecule is CCc1c(CC)c(CC)n(-c2ccc(F)cc2)c1CC. The molecule has 20 heavy (non-hydrogen) atoms. The number of nitrogens with zero attached hydrogens (tertiary/aromatic N) is 1. The summed E-state index contributed by atoms with van der Waals surface area (Å²) >= 11 is 0. The lowest BCUT2D eigenvalue weighted by atomic mass is 10.0. The molecule has 0 aliphatic rings. The Labute approximate surface area is 121 Å². The summed E-state index contributed by atoms with van der Waals surface area (Å²) in [5, 5.41) is 0. The predicted octanol–water partition coefficient (Wildman–Crippen LogP) is 4.87. The highest BCUT2D eigenvalue weighted by Gasteiger charge is 2.19. The number of rotatable bonds is 5. The molecule has 1 nitrogen and oxygen atoms in total. The standard InChI is InChI=1S/C18H24FN/c1-5-15-16(6-2)18(8-4)20(17(15)7-3)14-11-9-13(19)10-12-14/h9-12H,5-8H2,1-4H3. The Bertz CT molecular complexity index is 549. The molecule has 0 saturated heterocycles. The van der Waals surface area contributed by atoms with Gasteiger partial charge in [0.2, 0.25) is 0 Å². The molecule has 0 amide bonds. The van der Waals surface area contributed by atoms with Gasteiger partial charge in [-0.2, -0.15) is 0 Å². The highest BCUT2D eigenvalue weighted by atomic mass is 19.1. The molecule has 0 spiro atoms. The van der Waals surface area contributed by atoms with Crippen LogP contribution in [-0.2, 0) is 25.7 Å². The highest BCUT2D eigenvalue weighted by molar-refractivity contribution is 5.47. The lowest BCUT2D eigenvalue weighted by molar-refractivity contribution is 0.627. The van der Waals surface area contributed by atoms with Gasteiger partial charge in [-0.3, -0.25) is 0 Å². The summed E-state index contributed by atoms with van der Waals surface area (Å²) in [6.45, 7) is 8.85. The molecule has 0 N–H and O–H groups in total. The van der Waals surface area contributed by atoms with Crippen molar-refractivity contribution in [3.63, 3.8) is 0 Å². The first-order valence-corrected chi connectivity index (χ1v) is 7.67. The summed E-state index contributed by atoms with van der Waals surface area (Å²) < 4.78 is 15.5. The molecule has 0 radical (unpaired) electrons. The van der Waals surface area contributed by atoms with Gasteiger partial charge in [-0.1, -0.05) is 27.7 Å². The number of halogens is 1. The second-order valence-electron chi connectivity index (χ2n) is 5.08. The van der Waals surface area contributed by atoms with Crippen molar-refractivity contribution in [3.05, 3.63) is 52.6 Å². The van der Waals surface area contributed by atoms with Crippen LogP contribution in [0.2, 0.25) is 0 Å². The van der Waals surface area contributed by atoms with Crippen LogP contribution in [0.15, 0.2) is 24.3 Å². The molecule has 2 rings (SSSR count). The van der Waals surface area contributed by atoms with Crippen molar-refractivity contribution in [1.82, 2.24) is 4.57 Å². The normalized spacial score (nSPS) is 11.1. The third-order valence-electron chi connectivity index (χ3n) is 4.06. The average molecular weight is 273 g/mol. The van der Waals surface area contributed by atoms with Gasteiger partial charge in [-0.25, -0.2) is 4.39 Å². The quantitative estimate of drug-likeness (QED) is 0.732. The summed E-state index contributed by atoms with van der Waals surface area (Å²) in [6.07, 6.45) is 4.14. The molecule has 0 saturated carbocycles. The maximum atomic E-state index is 13.2. The average Bonchev–Trinajstić information content (AvgIpc) is 2.80. The van der Waals surface area contributed by atoms with Crippen LogP contribution >= 0.6 is 0 Å². The van der Waals surface area contributed by atoms with Gasteiger partial charge in [0.15, 0.2) is 0 Å². The van der Waals surface area contributed by atoms with Crippen molar-refractivity contribution < 1.29 is 4.39 Å². The van der Waals surface area contributed by atoms with E-state index in [9.17, 15) is 4.39 Å². The smallest absolute Gasteiger partial charge is 0.123 e. The van der Waals surface area contributed by atoms with Crippen LogP contribution in [0, 0.1) is 5.82 Å². The Morgan fingerprint density at radius 3 is 1.55 bits per heavy atom. The fourth-order valence-corrected chi connectivity index (χ4v) is 3.26. The van der Waals surface area contributed by atoms with Crippen LogP contribution in [0.3, 0.4) is 0 Å².